The number of para-hydroxylation sites is 1. The fourth-order valence-corrected chi connectivity index (χ4v) is 3.79. The largest absolute Gasteiger partial charge is 0.508 e. The van der Waals surface area contributed by atoms with Crippen molar-refractivity contribution >= 4 is 5.91 Å². The summed E-state index contributed by atoms with van der Waals surface area (Å²) in [5.41, 5.74) is 3.15. The summed E-state index contributed by atoms with van der Waals surface area (Å²) < 4.78 is 5.43. The molecule has 1 aromatic heterocycles. The lowest BCUT2D eigenvalue weighted by Crippen LogP contribution is -2.31. The molecule has 2 aromatic carbocycles. The molecule has 29 heavy (non-hydrogen) atoms. The minimum atomic E-state index is -0.368. The van der Waals surface area contributed by atoms with Gasteiger partial charge in [0.1, 0.15) is 22.9 Å². The molecule has 150 valence electrons. The van der Waals surface area contributed by atoms with Crippen LogP contribution in [0.1, 0.15) is 41.0 Å². The van der Waals surface area contributed by atoms with Crippen LogP contribution < -0.4 is 0 Å². The van der Waals surface area contributed by atoms with Crippen LogP contribution >= 0.6 is 0 Å². The van der Waals surface area contributed by atoms with Gasteiger partial charge in [-0.1, -0.05) is 24.3 Å². The molecule has 1 atom stereocenters. The highest BCUT2D eigenvalue weighted by Gasteiger charge is 2.42. The molecule has 0 bridgehead atoms. The Kier molecular flexibility index (Phi) is 5.22. The first kappa shape index (κ1) is 19.0. The first-order chi connectivity index (χ1) is 14.1. The van der Waals surface area contributed by atoms with Crippen LogP contribution in [0.3, 0.4) is 0 Å². The fraction of sp³-hybridized carbons (Fsp3) is 0.273. The summed E-state index contributed by atoms with van der Waals surface area (Å²) >= 11 is 0. The second kappa shape index (κ2) is 7.97. The number of aromatic amines is 1. The normalized spacial score (nSPS) is 15.7. The highest BCUT2D eigenvalue weighted by Crippen LogP contribution is 2.44. The summed E-state index contributed by atoms with van der Waals surface area (Å²) in [6.45, 7) is 3.67. The van der Waals surface area contributed by atoms with Gasteiger partial charge < -0.3 is 19.8 Å². The van der Waals surface area contributed by atoms with Crippen molar-refractivity contribution in [2.45, 2.75) is 19.4 Å². The van der Waals surface area contributed by atoms with Crippen LogP contribution in [0.4, 0.5) is 0 Å². The second-order valence-corrected chi connectivity index (χ2v) is 6.92. The van der Waals surface area contributed by atoms with Crippen molar-refractivity contribution in [3.8, 4) is 22.8 Å². The highest BCUT2D eigenvalue weighted by molar-refractivity contribution is 6.00. The van der Waals surface area contributed by atoms with Crippen LogP contribution in [0, 0.1) is 0 Å². The number of aromatic hydroxyl groups is 2. The van der Waals surface area contributed by atoms with Crippen LogP contribution in [0.5, 0.6) is 11.5 Å². The number of fused-ring (bicyclic) bond motifs is 1. The number of hydrogen-bond acceptors (Lipinski definition) is 5. The number of carbonyl (C=O) groups is 1. The number of hydrogen-bond donors (Lipinski definition) is 3. The van der Waals surface area contributed by atoms with Gasteiger partial charge in [-0.25, -0.2) is 0 Å². The van der Waals surface area contributed by atoms with E-state index in [0.717, 1.165) is 11.1 Å². The maximum absolute atomic E-state index is 13.1. The summed E-state index contributed by atoms with van der Waals surface area (Å²) in [4.78, 5) is 14.9. The lowest BCUT2D eigenvalue weighted by molar-refractivity contribution is 0.0710. The third-order valence-corrected chi connectivity index (χ3v) is 5.12. The van der Waals surface area contributed by atoms with Gasteiger partial charge in [0.2, 0.25) is 0 Å². The SMILES string of the molecule is CCOCCCN1C(=O)c2[nH]nc(-c3ccccc3O)c2[C@@H]1c1ccc(O)cc1. The number of rotatable bonds is 7. The number of ether oxygens (including phenoxy) is 1. The number of benzene rings is 2. The van der Waals surface area contributed by atoms with Crippen LogP contribution in [0.15, 0.2) is 48.5 Å². The first-order valence-electron chi connectivity index (χ1n) is 9.66. The van der Waals surface area contributed by atoms with E-state index in [-0.39, 0.29) is 23.4 Å². The lowest BCUT2D eigenvalue weighted by atomic mass is 9.95. The molecule has 1 aliphatic heterocycles. The number of H-pyrrole nitrogens is 1. The lowest BCUT2D eigenvalue weighted by Gasteiger charge is -2.26. The molecule has 0 unspecified atom stereocenters. The van der Waals surface area contributed by atoms with E-state index in [9.17, 15) is 15.0 Å². The maximum atomic E-state index is 13.1. The van der Waals surface area contributed by atoms with E-state index in [1.165, 1.54) is 0 Å². The van der Waals surface area contributed by atoms with E-state index in [0.29, 0.717) is 43.1 Å². The Bertz CT molecular complexity index is 1010. The molecule has 0 spiro atoms. The summed E-state index contributed by atoms with van der Waals surface area (Å²) in [6.07, 6.45) is 0.706. The first-order valence-corrected chi connectivity index (χ1v) is 9.66. The van der Waals surface area contributed by atoms with Crippen molar-refractivity contribution in [2.24, 2.45) is 0 Å². The Balaban J connectivity index is 1.78. The molecule has 0 aliphatic carbocycles. The van der Waals surface area contributed by atoms with Crippen molar-refractivity contribution in [1.82, 2.24) is 15.1 Å². The predicted octanol–water partition coefficient (Wildman–Crippen LogP) is 3.46. The van der Waals surface area contributed by atoms with E-state index >= 15 is 0 Å². The van der Waals surface area contributed by atoms with Gasteiger partial charge in [-0.05, 0) is 43.2 Å². The van der Waals surface area contributed by atoms with Gasteiger partial charge in [-0.15, -0.1) is 0 Å². The van der Waals surface area contributed by atoms with Crippen LogP contribution in [0.2, 0.25) is 0 Å². The molecule has 7 heteroatoms. The molecular formula is C22H23N3O4. The van der Waals surface area contributed by atoms with E-state index in [1.807, 2.05) is 13.0 Å². The maximum Gasteiger partial charge on any atom is 0.273 e. The zero-order valence-electron chi connectivity index (χ0n) is 16.1. The van der Waals surface area contributed by atoms with Gasteiger partial charge >= 0.3 is 0 Å². The molecule has 7 nitrogen and oxygen atoms in total. The van der Waals surface area contributed by atoms with Crippen LogP contribution in [0.25, 0.3) is 11.3 Å². The predicted molar refractivity (Wildman–Crippen MR) is 108 cm³/mol. The zero-order chi connectivity index (χ0) is 20.4. The number of aromatic nitrogens is 2. The summed E-state index contributed by atoms with van der Waals surface area (Å²) in [7, 11) is 0. The van der Waals surface area contributed by atoms with Gasteiger partial charge in [0, 0.05) is 30.9 Å². The second-order valence-electron chi connectivity index (χ2n) is 6.92. The number of nitrogens with zero attached hydrogens (tertiary/aromatic N) is 2. The van der Waals surface area contributed by atoms with Gasteiger partial charge in [0.25, 0.3) is 5.91 Å². The molecule has 0 saturated carbocycles. The quantitative estimate of drug-likeness (QED) is 0.534. The molecule has 3 N–H and O–H groups in total. The molecule has 0 radical (unpaired) electrons. The summed E-state index contributed by atoms with van der Waals surface area (Å²) in [5.74, 6) is 0.131. The third kappa shape index (κ3) is 3.45. The van der Waals surface area contributed by atoms with Gasteiger partial charge in [-0.2, -0.15) is 5.10 Å². The Hall–Kier alpha value is -3.32. The molecule has 4 rings (SSSR count). The highest BCUT2D eigenvalue weighted by atomic mass is 16.5. The Morgan fingerprint density at radius 3 is 2.62 bits per heavy atom. The fourth-order valence-electron chi connectivity index (χ4n) is 3.79. The molecule has 0 fully saturated rings. The van der Waals surface area contributed by atoms with E-state index < -0.39 is 0 Å². The Morgan fingerprint density at radius 1 is 1.14 bits per heavy atom. The van der Waals surface area contributed by atoms with Gasteiger partial charge in [-0.3, -0.25) is 9.89 Å². The summed E-state index contributed by atoms with van der Waals surface area (Å²) in [5, 5.41) is 27.3. The average molecular weight is 393 g/mol. The van der Waals surface area contributed by atoms with E-state index in [2.05, 4.69) is 10.2 Å². The third-order valence-electron chi connectivity index (χ3n) is 5.12. The number of nitrogens with one attached hydrogen (secondary N) is 1. The standard InChI is InChI=1S/C22H23N3O4/c1-2-29-13-5-12-25-21(14-8-10-15(26)11-9-14)18-19(23-24-20(18)22(25)28)16-6-3-4-7-17(16)27/h3-4,6-11,21,26-27H,2,5,12-13H2,1H3,(H,23,24)/t21-/m0/s1. The molecule has 0 saturated heterocycles. The van der Waals surface area contributed by atoms with Crippen LogP contribution in [-0.4, -0.2) is 51.0 Å². The smallest absolute Gasteiger partial charge is 0.273 e. The number of carbonyl (C=O) groups excluding carboxylic acids is 1. The molecule has 2 heterocycles. The van der Waals surface area contributed by atoms with Crippen molar-refractivity contribution in [3.05, 3.63) is 65.4 Å². The van der Waals surface area contributed by atoms with Crippen molar-refractivity contribution < 1.29 is 19.7 Å². The number of phenols is 2. The minimum absolute atomic E-state index is 0.105. The molecule has 3 aromatic rings. The van der Waals surface area contributed by atoms with E-state index in [1.54, 1.807) is 47.4 Å². The monoisotopic (exact) mass is 393 g/mol. The molecule has 1 amide bonds. The van der Waals surface area contributed by atoms with Crippen molar-refractivity contribution in [3.63, 3.8) is 0 Å². The van der Waals surface area contributed by atoms with Crippen LogP contribution in [-0.2, 0) is 4.74 Å². The molecular weight excluding hydrogens is 370 g/mol. The molecule has 1 aliphatic rings. The summed E-state index contributed by atoms with van der Waals surface area (Å²) in [6, 6.07) is 13.4. The Labute approximate surface area is 168 Å². The van der Waals surface area contributed by atoms with Gasteiger partial charge in [0.05, 0.1) is 6.04 Å². The average Bonchev–Trinajstić information content (AvgIpc) is 3.26. The topological polar surface area (TPSA) is 98.7 Å². The van der Waals surface area contributed by atoms with Crippen molar-refractivity contribution in [2.75, 3.05) is 19.8 Å². The minimum Gasteiger partial charge on any atom is -0.508 e. The number of phenolic OH excluding ortho intramolecular Hbond substituents is 2. The Morgan fingerprint density at radius 2 is 1.90 bits per heavy atom. The number of amides is 1. The zero-order valence-corrected chi connectivity index (χ0v) is 16.1. The van der Waals surface area contributed by atoms with E-state index in [4.69, 9.17) is 4.74 Å². The van der Waals surface area contributed by atoms with Crippen molar-refractivity contribution in [1.29, 1.82) is 0 Å². The van der Waals surface area contributed by atoms with Gasteiger partial charge in [0.15, 0.2) is 0 Å².